The number of fused-ring (bicyclic) bond motifs is 1. The van der Waals surface area contributed by atoms with E-state index in [4.69, 9.17) is 0 Å². The van der Waals surface area contributed by atoms with Gasteiger partial charge in [-0.25, -0.2) is 9.97 Å². The first-order valence-corrected chi connectivity index (χ1v) is 7.66. The molecule has 0 amide bonds. The molecule has 0 aliphatic rings. The number of phenols is 1. The molecule has 0 saturated heterocycles. The smallest absolute Gasteiger partial charge is 0.156 e. The number of benzene rings is 1. The van der Waals surface area contributed by atoms with Crippen LogP contribution in [0.2, 0.25) is 0 Å². The Labute approximate surface area is 130 Å². The lowest BCUT2D eigenvalue weighted by Crippen LogP contribution is -1.85. The standard InChI is InChI=1S/C16H12N4OS/c1-9-18-12(8-22-9)10-6-7-17-16-14(10)15(19-20-16)11-4-2-3-5-13(11)21/h2-8,21H,1H3,(H,17,19,20). The average molecular weight is 308 g/mol. The van der Waals surface area contributed by atoms with E-state index in [1.54, 1.807) is 29.7 Å². The van der Waals surface area contributed by atoms with Crippen molar-refractivity contribution in [1.82, 2.24) is 20.2 Å². The van der Waals surface area contributed by atoms with Gasteiger partial charge in [0.25, 0.3) is 0 Å². The Balaban J connectivity index is 2.04. The molecule has 0 bridgehead atoms. The summed E-state index contributed by atoms with van der Waals surface area (Å²) in [4.78, 5) is 8.88. The van der Waals surface area contributed by atoms with Crippen LogP contribution < -0.4 is 0 Å². The Morgan fingerprint density at radius 1 is 1.14 bits per heavy atom. The Kier molecular flexibility index (Phi) is 2.90. The number of aromatic hydroxyl groups is 1. The Hall–Kier alpha value is -2.73. The van der Waals surface area contributed by atoms with Gasteiger partial charge in [0.05, 0.1) is 16.1 Å². The van der Waals surface area contributed by atoms with Crippen molar-refractivity contribution in [1.29, 1.82) is 0 Å². The van der Waals surface area contributed by atoms with Crippen molar-refractivity contribution in [3.63, 3.8) is 0 Å². The molecule has 0 spiro atoms. The second-order valence-corrected chi connectivity index (χ2v) is 5.99. The summed E-state index contributed by atoms with van der Waals surface area (Å²) >= 11 is 1.60. The summed E-state index contributed by atoms with van der Waals surface area (Å²) in [5.74, 6) is 0.195. The van der Waals surface area contributed by atoms with Gasteiger partial charge in [-0.05, 0) is 25.1 Å². The van der Waals surface area contributed by atoms with Crippen LogP contribution in [0, 0.1) is 6.92 Å². The first kappa shape index (κ1) is 13.0. The SMILES string of the molecule is Cc1nc(-c2ccnc3[nH]nc(-c4ccccc4O)c23)cs1. The van der Waals surface area contributed by atoms with E-state index in [1.807, 2.05) is 30.5 Å². The number of aromatic nitrogens is 4. The third-order valence-electron chi connectivity index (χ3n) is 3.52. The van der Waals surface area contributed by atoms with E-state index in [0.717, 1.165) is 21.7 Å². The molecule has 3 aromatic heterocycles. The van der Waals surface area contributed by atoms with Gasteiger partial charge in [-0.1, -0.05) is 12.1 Å². The van der Waals surface area contributed by atoms with Crippen LogP contribution in [0.25, 0.3) is 33.5 Å². The first-order valence-electron chi connectivity index (χ1n) is 6.78. The highest BCUT2D eigenvalue weighted by Crippen LogP contribution is 2.37. The Bertz CT molecular complexity index is 973. The molecule has 6 heteroatoms. The van der Waals surface area contributed by atoms with Crippen molar-refractivity contribution in [2.75, 3.05) is 0 Å². The summed E-state index contributed by atoms with van der Waals surface area (Å²) in [6, 6.07) is 9.08. The van der Waals surface area contributed by atoms with Gasteiger partial charge in [-0.15, -0.1) is 11.3 Å². The quantitative estimate of drug-likeness (QED) is 0.591. The highest BCUT2D eigenvalue weighted by Gasteiger charge is 2.17. The third-order valence-corrected chi connectivity index (χ3v) is 4.29. The second kappa shape index (κ2) is 4.92. The maximum absolute atomic E-state index is 10.1. The van der Waals surface area contributed by atoms with Crippen LogP contribution in [-0.4, -0.2) is 25.3 Å². The number of nitrogens with one attached hydrogen (secondary N) is 1. The fraction of sp³-hybridized carbons (Fsp3) is 0.0625. The molecule has 0 atom stereocenters. The fourth-order valence-corrected chi connectivity index (χ4v) is 3.13. The molecule has 1 aromatic carbocycles. The van der Waals surface area contributed by atoms with Gasteiger partial charge in [-0.3, -0.25) is 5.10 Å². The molecule has 2 N–H and O–H groups in total. The number of thiazole rings is 1. The molecular weight excluding hydrogens is 296 g/mol. The van der Waals surface area contributed by atoms with Gasteiger partial charge >= 0.3 is 0 Å². The monoisotopic (exact) mass is 308 g/mol. The van der Waals surface area contributed by atoms with Crippen LogP contribution in [0.5, 0.6) is 5.75 Å². The minimum atomic E-state index is 0.195. The van der Waals surface area contributed by atoms with Crippen molar-refractivity contribution in [2.24, 2.45) is 0 Å². The Morgan fingerprint density at radius 3 is 2.77 bits per heavy atom. The van der Waals surface area contributed by atoms with Gasteiger partial charge in [0, 0.05) is 22.7 Å². The largest absolute Gasteiger partial charge is 0.507 e. The van der Waals surface area contributed by atoms with E-state index in [0.29, 0.717) is 16.9 Å². The fourth-order valence-electron chi connectivity index (χ4n) is 2.52. The third kappa shape index (κ3) is 1.96. The predicted molar refractivity (Wildman–Crippen MR) is 86.8 cm³/mol. The molecule has 4 aromatic rings. The van der Waals surface area contributed by atoms with E-state index in [9.17, 15) is 5.11 Å². The molecule has 0 fully saturated rings. The van der Waals surface area contributed by atoms with Crippen LogP contribution in [0.3, 0.4) is 0 Å². The molecule has 0 aliphatic carbocycles. The van der Waals surface area contributed by atoms with Crippen LogP contribution in [0.1, 0.15) is 5.01 Å². The normalized spacial score (nSPS) is 11.1. The zero-order valence-electron chi connectivity index (χ0n) is 11.7. The molecule has 0 unspecified atom stereocenters. The summed E-state index contributed by atoms with van der Waals surface area (Å²) in [5, 5.41) is 21.3. The van der Waals surface area contributed by atoms with Crippen LogP contribution in [0.15, 0.2) is 41.9 Å². The number of nitrogens with zero attached hydrogens (tertiary/aromatic N) is 3. The topological polar surface area (TPSA) is 74.7 Å². The van der Waals surface area contributed by atoms with E-state index in [-0.39, 0.29) is 5.75 Å². The number of hydrogen-bond acceptors (Lipinski definition) is 5. The van der Waals surface area contributed by atoms with Crippen LogP contribution in [-0.2, 0) is 0 Å². The summed E-state index contributed by atoms with van der Waals surface area (Å²) in [6.07, 6.45) is 1.74. The summed E-state index contributed by atoms with van der Waals surface area (Å²) in [5.41, 5.74) is 3.90. The summed E-state index contributed by atoms with van der Waals surface area (Å²) < 4.78 is 0. The highest BCUT2D eigenvalue weighted by molar-refractivity contribution is 7.09. The van der Waals surface area contributed by atoms with Gasteiger partial charge in [0.2, 0.25) is 0 Å². The zero-order chi connectivity index (χ0) is 15.1. The molecule has 0 aliphatic heterocycles. The van der Waals surface area contributed by atoms with E-state index >= 15 is 0 Å². The molecule has 5 nitrogen and oxygen atoms in total. The molecule has 0 radical (unpaired) electrons. The lowest BCUT2D eigenvalue weighted by molar-refractivity contribution is 0.477. The minimum absolute atomic E-state index is 0.195. The van der Waals surface area contributed by atoms with Crippen molar-refractivity contribution in [2.45, 2.75) is 6.92 Å². The number of para-hydroxylation sites is 1. The molecule has 0 saturated carbocycles. The zero-order valence-corrected chi connectivity index (χ0v) is 12.6. The van der Waals surface area contributed by atoms with E-state index < -0.39 is 0 Å². The van der Waals surface area contributed by atoms with Crippen molar-refractivity contribution < 1.29 is 5.11 Å². The summed E-state index contributed by atoms with van der Waals surface area (Å²) in [6.45, 7) is 1.98. The molecule has 3 heterocycles. The molecular formula is C16H12N4OS. The van der Waals surface area contributed by atoms with Crippen molar-refractivity contribution >= 4 is 22.4 Å². The van der Waals surface area contributed by atoms with Gasteiger partial charge in [0.15, 0.2) is 5.65 Å². The maximum atomic E-state index is 10.1. The Morgan fingerprint density at radius 2 is 2.00 bits per heavy atom. The minimum Gasteiger partial charge on any atom is -0.507 e. The van der Waals surface area contributed by atoms with Crippen LogP contribution >= 0.6 is 11.3 Å². The van der Waals surface area contributed by atoms with Crippen molar-refractivity contribution in [3.05, 3.63) is 46.9 Å². The molecule has 108 valence electrons. The number of aromatic amines is 1. The first-order chi connectivity index (χ1) is 10.7. The van der Waals surface area contributed by atoms with E-state index in [2.05, 4.69) is 20.2 Å². The number of aryl methyl sites for hydroxylation is 1. The average Bonchev–Trinajstić information content (AvgIpc) is 3.14. The van der Waals surface area contributed by atoms with E-state index in [1.165, 1.54) is 0 Å². The highest BCUT2D eigenvalue weighted by atomic mass is 32.1. The maximum Gasteiger partial charge on any atom is 0.156 e. The number of phenolic OH excluding ortho intramolecular Hbond substituents is 1. The van der Waals surface area contributed by atoms with Crippen molar-refractivity contribution in [3.8, 4) is 28.3 Å². The van der Waals surface area contributed by atoms with Gasteiger partial charge in [0.1, 0.15) is 11.4 Å². The van der Waals surface area contributed by atoms with Gasteiger partial charge in [-0.2, -0.15) is 5.10 Å². The second-order valence-electron chi connectivity index (χ2n) is 4.92. The lowest BCUT2D eigenvalue weighted by atomic mass is 10.0. The number of hydrogen-bond donors (Lipinski definition) is 2. The number of H-pyrrole nitrogens is 1. The molecule has 22 heavy (non-hydrogen) atoms. The number of pyridine rings is 1. The van der Waals surface area contributed by atoms with Crippen LogP contribution in [0.4, 0.5) is 0 Å². The van der Waals surface area contributed by atoms with Gasteiger partial charge < -0.3 is 5.11 Å². The number of rotatable bonds is 2. The lowest BCUT2D eigenvalue weighted by Gasteiger charge is -2.04. The summed E-state index contributed by atoms with van der Waals surface area (Å²) in [7, 11) is 0. The predicted octanol–water partition coefficient (Wildman–Crippen LogP) is 3.76. The molecule has 4 rings (SSSR count).